The second-order valence-electron chi connectivity index (χ2n) is 6.63. The number of alkyl halides is 3. The molecule has 0 aromatic heterocycles. The van der Waals surface area contributed by atoms with Gasteiger partial charge in [0, 0.05) is 18.2 Å². The lowest BCUT2D eigenvalue weighted by molar-refractivity contribution is -0.137. The minimum absolute atomic E-state index is 0.0350. The van der Waals surface area contributed by atoms with E-state index in [0.29, 0.717) is 11.1 Å². The third-order valence-corrected chi connectivity index (χ3v) is 6.39. The molecule has 146 valence electrons. The molecule has 2 aromatic carbocycles. The lowest BCUT2D eigenvalue weighted by atomic mass is 10.1. The van der Waals surface area contributed by atoms with E-state index >= 15 is 0 Å². The van der Waals surface area contributed by atoms with Crippen molar-refractivity contribution in [3.05, 3.63) is 71.0 Å². The van der Waals surface area contributed by atoms with Gasteiger partial charge in [-0.3, -0.25) is 0 Å². The molecule has 0 spiro atoms. The minimum Gasteiger partial charge on any atom is -0.212 e. The highest BCUT2D eigenvalue weighted by atomic mass is 32.2. The number of rotatable bonds is 7. The van der Waals surface area contributed by atoms with Gasteiger partial charge in [0.25, 0.3) is 0 Å². The maximum Gasteiger partial charge on any atom is 0.416 e. The van der Waals surface area contributed by atoms with Crippen molar-refractivity contribution < 1.29 is 26.0 Å². The Labute approximate surface area is 155 Å². The molecule has 3 nitrogen and oxygen atoms in total. The lowest BCUT2D eigenvalue weighted by Gasteiger charge is -2.22. The van der Waals surface area contributed by atoms with Crippen molar-refractivity contribution in [2.45, 2.75) is 38.0 Å². The normalized spacial score (nSPS) is 15.3. The smallest absolute Gasteiger partial charge is 0.212 e. The van der Waals surface area contributed by atoms with Crippen LogP contribution in [0.3, 0.4) is 0 Å². The largest absolute Gasteiger partial charge is 0.416 e. The zero-order valence-corrected chi connectivity index (χ0v) is 15.2. The van der Waals surface area contributed by atoms with Crippen LogP contribution in [0.25, 0.3) is 0 Å². The fourth-order valence-corrected chi connectivity index (χ4v) is 4.57. The summed E-state index contributed by atoms with van der Waals surface area (Å²) in [7, 11) is -3.67. The summed E-state index contributed by atoms with van der Waals surface area (Å²) in [6.45, 7) is -0.0350. The van der Waals surface area contributed by atoms with Crippen molar-refractivity contribution >= 4 is 10.0 Å². The molecule has 1 aliphatic carbocycles. The van der Waals surface area contributed by atoms with Crippen molar-refractivity contribution in [2.75, 3.05) is 5.75 Å². The van der Waals surface area contributed by atoms with Gasteiger partial charge in [-0.1, -0.05) is 30.3 Å². The Hall–Kier alpha value is -1.93. The Morgan fingerprint density at radius 2 is 1.63 bits per heavy atom. The highest BCUT2D eigenvalue weighted by molar-refractivity contribution is 7.89. The SMILES string of the molecule is O=S(=O)(CCc1ccc(C(F)(F)F)cc1)N(Cc1ccccc1F)C1CC1. The molecule has 0 heterocycles. The quantitative estimate of drug-likeness (QED) is 0.646. The van der Waals surface area contributed by atoms with E-state index in [2.05, 4.69) is 0 Å². The zero-order valence-electron chi connectivity index (χ0n) is 14.4. The topological polar surface area (TPSA) is 37.4 Å². The highest BCUT2D eigenvalue weighted by Crippen LogP contribution is 2.32. The molecular weight excluding hydrogens is 382 g/mol. The fourth-order valence-electron chi connectivity index (χ4n) is 2.84. The first-order valence-corrected chi connectivity index (χ1v) is 10.2. The van der Waals surface area contributed by atoms with Crippen molar-refractivity contribution in [1.29, 1.82) is 0 Å². The van der Waals surface area contributed by atoms with Crippen LogP contribution in [0.1, 0.15) is 29.5 Å². The standard InChI is InChI=1S/C19H19F4NO2S/c20-18-4-2-1-3-15(18)13-24(17-9-10-17)27(25,26)12-11-14-5-7-16(8-6-14)19(21,22)23/h1-8,17H,9-13H2. The molecule has 0 saturated heterocycles. The number of hydrogen-bond acceptors (Lipinski definition) is 2. The third kappa shape index (κ3) is 5.07. The van der Waals surface area contributed by atoms with Crippen molar-refractivity contribution in [3.63, 3.8) is 0 Å². The molecule has 1 saturated carbocycles. The minimum atomic E-state index is -4.42. The predicted molar refractivity (Wildman–Crippen MR) is 93.9 cm³/mol. The molecule has 0 atom stereocenters. The van der Waals surface area contributed by atoms with E-state index < -0.39 is 27.6 Å². The molecule has 0 amide bonds. The van der Waals surface area contributed by atoms with Crippen molar-refractivity contribution in [2.24, 2.45) is 0 Å². The van der Waals surface area contributed by atoms with Crippen molar-refractivity contribution in [1.82, 2.24) is 4.31 Å². The summed E-state index contributed by atoms with van der Waals surface area (Å²) in [5.74, 6) is -0.690. The van der Waals surface area contributed by atoms with Gasteiger partial charge in [0.2, 0.25) is 10.0 Å². The maximum atomic E-state index is 13.9. The lowest BCUT2D eigenvalue weighted by Crippen LogP contribution is -2.35. The summed E-state index contributed by atoms with van der Waals surface area (Å²) in [5, 5.41) is 0. The first-order valence-electron chi connectivity index (χ1n) is 8.56. The van der Waals surface area contributed by atoms with Gasteiger partial charge in [0.1, 0.15) is 5.82 Å². The maximum absolute atomic E-state index is 13.9. The van der Waals surface area contributed by atoms with Crippen LogP contribution in [0.2, 0.25) is 0 Å². The van der Waals surface area contributed by atoms with Gasteiger partial charge in [-0.2, -0.15) is 17.5 Å². The van der Waals surface area contributed by atoms with Crippen LogP contribution in [-0.4, -0.2) is 24.5 Å². The average Bonchev–Trinajstić information content (AvgIpc) is 3.43. The molecule has 0 bridgehead atoms. The Morgan fingerprint density at radius 1 is 1.00 bits per heavy atom. The van der Waals surface area contributed by atoms with E-state index in [1.54, 1.807) is 18.2 Å². The molecular formula is C19H19F4NO2S. The molecule has 0 aliphatic heterocycles. The molecule has 27 heavy (non-hydrogen) atoms. The second-order valence-corrected chi connectivity index (χ2v) is 8.67. The van der Waals surface area contributed by atoms with Crippen LogP contribution in [0, 0.1) is 5.82 Å². The molecule has 0 N–H and O–H groups in total. The first kappa shape index (κ1) is 19.8. The summed E-state index contributed by atoms with van der Waals surface area (Å²) >= 11 is 0. The van der Waals surface area contributed by atoms with E-state index in [1.165, 1.54) is 22.5 Å². The van der Waals surface area contributed by atoms with Gasteiger partial charge in [0.05, 0.1) is 11.3 Å². The number of hydrogen-bond donors (Lipinski definition) is 0. The van der Waals surface area contributed by atoms with Crippen LogP contribution >= 0.6 is 0 Å². The molecule has 8 heteroatoms. The Bertz CT molecular complexity index is 891. The summed E-state index contributed by atoms with van der Waals surface area (Å²) in [6, 6.07) is 10.4. The Morgan fingerprint density at radius 3 is 2.19 bits per heavy atom. The zero-order chi connectivity index (χ0) is 19.7. The van der Waals surface area contributed by atoms with Crippen molar-refractivity contribution in [3.8, 4) is 0 Å². The van der Waals surface area contributed by atoms with Crippen LogP contribution in [0.5, 0.6) is 0 Å². The molecule has 1 fully saturated rings. The van der Waals surface area contributed by atoms with E-state index in [-0.39, 0.29) is 24.8 Å². The molecule has 3 rings (SSSR count). The van der Waals surface area contributed by atoms with Crippen LogP contribution in [-0.2, 0) is 29.2 Å². The molecule has 2 aromatic rings. The molecule has 0 radical (unpaired) electrons. The first-order chi connectivity index (χ1) is 12.7. The Balaban J connectivity index is 1.69. The summed E-state index contributed by atoms with van der Waals surface area (Å²) in [5.41, 5.74) is 0.0454. The van der Waals surface area contributed by atoms with Gasteiger partial charge in [-0.05, 0) is 43.0 Å². The summed E-state index contributed by atoms with van der Waals surface area (Å²) < 4.78 is 78.5. The predicted octanol–water partition coefficient (Wildman–Crippen LogP) is 4.38. The number of nitrogens with zero attached hydrogens (tertiary/aromatic N) is 1. The van der Waals surface area contributed by atoms with E-state index in [9.17, 15) is 26.0 Å². The number of aryl methyl sites for hydroxylation is 1. The molecule has 1 aliphatic rings. The van der Waals surface area contributed by atoms with Crippen LogP contribution in [0.4, 0.5) is 17.6 Å². The van der Waals surface area contributed by atoms with Gasteiger partial charge in [-0.25, -0.2) is 12.8 Å². The number of halogens is 4. The van der Waals surface area contributed by atoms with Crippen LogP contribution < -0.4 is 0 Å². The average molecular weight is 401 g/mol. The van der Waals surface area contributed by atoms with Crippen LogP contribution in [0.15, 0.2) is 48.5 Å². The third-order valence-electron chi connectivity index (χ3n) is 4.53. The van der Waals surface area contributed by atoms with Gasteiger partial charge < -0.3 is 0 Å². The fraction of sp³-hybridized carbons (Fsp3) is 0.368. The number of sulfonamides is 1. The highest BCUT2D eigenvalue weighted by Gasteiger charge is 2.37. The van der Waals surface area contributed by atoms with Gasteiger partial charge >= 0.3 is 6.18 Å². The van der Waals surface area contributed by atoms with Gasteiger partial charge in [0.15, 0.2) is 0 Å². The summed E-state index contributed by atoms with van der Waals surface area (Å²) in [6.07, 6.45) is -2.87. The Kier molecular flexibility index (Phi) is 5.58. The summed E-state index contributed by atoms with van der Waals surface area (Å²) in [4.78, 5) is 0. The van der Waals surface area contributed by atoms with E-state index in [0.717, 1.165) is 25.0 Å². The van der Waals surface area contributed by atoms with Gasteiger partial charge in [-0.15, -0.1) is 0 Å². The van der Waals surface area contributed by atoms with E-state index in [1.807, 2.05) is 0 Å². The monoisotopic (exact) mass is 401 g/mol. The molecule has 0 unspecified atom stereocenters. The second kappa shape index (κ2) is 7.59. The van der Waals surface area contributed by atoms with E-state index in [4.69, 9.17) is 0 Å². The number of benzene rings is 2.